The molecule has 1 atom stereocenters. The summed E-state index contributed by atoms with van der Waals surface area (Å²) in [5, 5.41) is 9.08. The molecule has 1 aliphatic rings. The second kappa shape index (κ2) is 6.47. The van der Waals surface area contributed by atoms with Crippen LogP contribution in [0.5, 0.6) is 11.5 Å². The van der Waals surface area contributed by atoms with Gasteiger partial charge in [-0.25, -0.2) is 0 Å². The van der Waals surface area contributed by atoms with Crippen molar-refractivity contribution in [1.82, 2.24) is 4.90 Å². The Kier molecular flexibility index (Phi) is 4.67. The monoisotopic (exact) mass is 293 g/mol. The number of aliphatic carboxylic acids is 1. The Morgan fingerprint density at radius 3 is 2.67 bits per heavy atom. The highest BCUT2D eigenvalue weighted by atomic mass is 16.5. The number of ether oxygens (including phenoxy) is 2. The van der Waals surface area contributed by atoms with Crippen molar-refractivity contribution in [3.8, 4) is 11.5 Å². The number of amides is 1. The van der Waals surface area contributed by atoms with Crippen LogP contribution in [-0.4, -0.2) is 42.6 Å². The van der Waals surface area contributed by atoms with Gasteiger partial charge in [0.25, 0.3) is 0 Å². The lowest BCUT2D eigenvalue weighted by molar-refractivity contribution is -0.147. The van der Waals surface area contributed by atoms with Crippen molar-refractivity contribution in [3.05, 3.63) is 23.8 Å². The van der Waals surface area contributed by atoms with Crippen LogP contribution in [-0.2, 0) is 16.1 Å². The van der Waals surface area contributed by atoms with E-state index in [0.717, 1.165) is 5.56 Å². The van der Waals surface area contributed by atoms with E-state index < -0.39 is 11.9 Å². The normalized spacial score (nSPS) is 18.5. The minimum atomic E-state index is -0.847. The Bertz CT molecular complexity index is 543. The molecule has 1 N–H and O–H groups in total. The fourth-order valence-corrected chi connectivity index (χ4v) is 2.47. The molecule has 1 aromatic carbocycles. The zero-order valence-electron chi connectivity index (χ0n) is 12.2. The molecule has 21 heavy (non-hydrogen) atoms. The molecule has 1 fully saturated rings. The lowest BCUT2D eigenvalue weighted by Crippen LogP contribution is -2.42. The highest BCUT2D eigenvalue weighted by Crippen LogP contribution is 2.29. The summed E-state index contributed by atoms with van der Waals surface area (Å²) in [4.78, 5) is 24.6. The summed E-state index contributed by atoms with van der Waals surface area (Å²) in [6, 6.07) is 5.42. The SMILES string of the molecule is COc1ccc(CN2C[C@H](C(=O)O)CCC2=O)cc1OC. The van der Waals surface area contributed by atoms with Crippen LogP contribution in [0.4, 0.5) is 0 Å². The second-order valence-corrected chi connectivity index (χ2v) is 5.04. The van der Waals surface area contributed by atoms with E-state index in [1.807, 2.05) is 6.07 Å². The lowest BCUT2D eigenvalue weighted by Gasteiger charge is -2.30. The third kappa shape index (κ3) is 3.45. The van der Waals surface area contributed by atoms with Crippen molar-refractivity contribution in [2.75, 3.05) is 20.8 Å². The maximum Gasteiger partial charge on any atom is 0.308 e. The number of carboxylic acid groups (broad SMARTS) is 1. The summed E-state index contributed by atoms with van der Waals surface area (Å²) >= 11 is 0. The van der Waals surface area contributed by atoms with Crippen LogP contribution in [0.2, 0.25) is 0 Å². The molecule has 0 unspecified atom stereocenters. The number of benzene rings is 1. The second-order valence-electron chi connectivity index (χ2n) is 5.04. The fourth-order valence-electron chi connectivity index (χ4n) is 2.47. The number of nitrogens with zero attached hydrogens (tertiary/aromatic N) is 1. The molecular weight excluding hydrogens is 274 g/mol. The van der Waals surface area contributed by atoms with Gasteiger partial charge in [-0.05, 0) is 24.1 Å². The predicted molar refractivity (Wildman–Crippen MR) is 75.3 cm³/mol. The Hall–Kier alpha value is -2.24. The van der Waals surface area contributed by atoms with Crippen LogP contribution < -0.4 is 9.47 Å². The zero-order chi connectivity index (χ0) is 15.4. The molecule has 1 aromatic rings. The van der Waals surface area contributed by atoms with Crippen molar-refractivity contribution in [1.29, 1.82) is 0 Å². The van der Waals surface area contributed by atoms with E-state index in [1.54, 1.807) is 31.3 Å². The van der Waals surface area contributed by atoms with Gasteiger partial charge in [-0.2, -0.15) is 0 Å². The van der Waals surface area contributed by atoms with Crippen molar-refractivity contribution in [2.24, 2.45) is 5.92 Å². The van der Waals surface area contributed by atoms with E-state index in [-0.39, 0.29) is 18.9 Å². The molecule has 2 rings (SSSR count). The van der Waals surface area contributed by atoms with Crippen LogP contribution in [0.3, 0.4) is 0 Å². The average Bonchev–Trinajstić information content (AvgIpc) is 2.49. The standard InChI is InChI=1S/C15H19NO5/c1-20-12-5-3-10(7-13(12)21-2)8-16-9-11(15(18)19)4-6-14(16)17/h3,5,7,11H,4,6,8-9H2,1-2H3,(H,18,19)/t11-/m1/s1. The minimum absolute atomic E-state index is 0.0118. The van der Waals surface area contributed by atoms with Gasteiger partial charge >= 0.3 is 5.97 Å². The Balaban J connectivity index is 2.12. The first-order valence-corrected chi connectivity index (χ1v) is 6.76. The van der Waals surface area contributed by atoms with Gasteiger partial charge in [0, 0.05) is 19.5 Å². The molecule has 0 aliphatic carbocycles. The molecule has 0 aromatic heterocycles. The summed E-state index contributed by atoms with van der Waals surface area (Å²) in [7, 11) is 3.11. The molecule has 114 valence electrons. The van der Waals surface area contributed by atoms with Crippen LogP contribution in [0.25, 0.3) is 0 Å². The van der Waals surface area contributed by atoms with E-state index in [2.05, 4.69) is 0 Å². The van der Waals surface area contributed by atoms with E-state index in [4.69, 9.17) is 14.6 Å². The summed E-state index contributed by atoms with van der Waals surface area (Å²) in [5.41, 5.74) is 0.882. The minimum Gasteiger partial charge on any atom is -0.493 e. The van der Waals surface area contributed by atoms with Crippen molar-refractivity contribution in [2.45, 2.75) is 19.4 Å². The number of rotatable bonds is 5. The average molecular weight is 293 g/mol. The summed E-state index contributed by atoms with van der Waals surface area (Å²) in [5.74, 6) is -0.131. The van der Waals surface area contributed by atoms with E-state index in [0.29, 0.717) is 24.5 Å². The van der Waals surface area contributed by atoms with Gasteiger partial charge in [-0.1, -0.05) is 6.07 Å². The summed E-state index contributed by atoms with van der Waals surface area (Å²) in [6.45, 7) is 0.630. The van der Waals surface area contributed by atoms with Gasteiger partial charge in [-0.15, -0.1) is 0 Å². The van der Waals surface area contributed by atoms with Crippen LogP contribution in [0.15, 0.2) is 18.2 Å². The van der Waals surface area contributed by atoms with E-state index in [1.165, 1.54) is 0 Å². The number of likely N-dealkylation sites (tertiary alicyclic amines) is 1. The molecule has 1 amide bonds. The molecule has 6 nitrogen and oxygen atoms in total. The van der Waals surface area contributed by atoms with Gasteiger partial charge in [0.1, 0.15) is 0 Å². The zero-order valence-corrected chi connectivity index (χ0v) is 12.2. The van der Waals surface area contributed by atoms with E-state index >= 15 is 0 Å². The smallest absolute Gasteiger partial charge is 0.308 e. The fraction of sp³-hybridized carbons (Fsp3) is 0.467. The molecule has 1 heterocycles. The number of piperidine rings is 1. The third-order valence-corrected chi connectivity index (χ3v) is 3.67. The third-order valence-electron chi connectivity index (χ3n) is 3.67. The van der Waals surface area contributed by atoms with Gasteiger partial charge in [0.05, 0.1) is 20.1 Å². The summed E-state index contributed by atoms with van der Waals surface area (Å²) in [6.07, 6.45) is 0.695. The molecular formula is C15H19NO5. The van der Waals surface area contributed by atoms with Crippen LogP contribution in [0.1, 0.15) is 18.4 Å². The number of methoxy groups -OCH3 is 2. The van der Waals surface area contributed by atoms with Crippen LogP contribution in [0, 0.1) is 5.92 Å². The van der Waals surface area contributed by atoms with E-state index in [9.17, 15) is 9.59 Å². The number of carbonyl (C=O) groups is 2. The van der Waals surface area contributed by atoms with Crippen molar-refractivity contribution in [3.63, 3.8) is 0 Å². The molecule has 0 spiro atoms. The highest BCUT2D eigenvalue weighted by molar-refractivity contribution is 5.80. The molecule has 0 saturated carbocycles. The lowest BCUT2D eigenvalue weighted by atomic mass is 9.97. The number of hydrogen-bond acceptors (Lipinski definition) is 4. The highest BCUT2D eigenvalue weighted by Gasteiger charge is 2.30. The maximum atomic E-state index is 11.9. The molecule has 6 heteroatoms. The molecule has 1 saturated heterocycles. The Morgan fingerprint density at radius 1 is 1.33 bits per heavy atom. The van der Waals surface area contributed by atoms with Crippen LogP contribution >= 0.6 is 0 Å². The van der Waals surface area contributed by atoms with Gasteiger partial charge in [-0.3, -0.25) is 9.59 Å². The maximum absolute atomic E-state index is 11.9. The summed E-state index contributed by atoms with van der Waals surface area (Å²) < 4.78 is 10.4. The first-order chi connectivity index (χ1) is 10.0. The topological polar surface area (TPSA) is 76.1 Å². The molecule has 1 aliphatic heterocycles. The quantitative estimate of drug-likeness (QED) is 0.891. The van der Waals surface area contributed by atoms with Crippen molar-refractivity contribution >= 4 is 11.9 Å². The molecule has 0 bridgehead atoms. The Morgan fingerprint density at radius 2 is 2.05 bits per heavy atom. The van der Waals surface area contributed by atoms with Crippen molar-refractivity contribution < 1.29 is 24.2 Å². The number of carbonyl (C=O) groups excluding carboxylic acids is 1. The van der Waals surface area contributed by atoms with Gasteiger partial charge < -0.3 is 19.5 Å². The van der Waals surface area contributed by atoms with Gasteiger partial charge in [0.15, 0.2) is 11.5 Å². The van der Waals surface area contributed by atoms with Gasteiger partial charge in [0.2, 0.25) is 5.91 Å². The molecule has 0 radical (unpaired) electrons. The largest absolute Gasteiger partial charge is 0.493 e. The first-order valence-electron chi connectivity index (χ1n) is 6.76. The number of hydrogen-bond donors (Lipinski definition) is 1. The first kappa shape index (κ1) is 15.2. The Labute approximate surface area is 123 Å². The predicted octanol–water partition coefficient (Wildman–Crippen LogP) is 1.53. The number of carboxylic acids is 1.